The zero-order valence-corrected chi connectivity index (χ0v) is 31.2. The Labute approximate surface area is 289 Å². The molecule has 0 amide bonds. The smallest absolute Gasteiger partial charge is 0.342 e. The maximum absolute atomic E-state index is 14.8. The molecule has 248 valence electrons. The second kappa shape index (κ2) is 14.1. The van der Waals surface area contributed by atoms with Gasteiger partial charge in [0.15, 0.2) is 15.1 Å². The van der Waals surface area contributed by atoms with Crippen molar-refractivity contribution in [3.05, 3.63) is 56.9 Å². The Hall–Kier alpha value is -2.27. The third-order valence-corrected chi connectivity index (χ3v) is 12.0. The number of aromatic nitrogens is 4. The summed E-state index contributed by atoms with van der Waals surface area (Å²) in [6.07, 6.45) is 5.51. The van der Waals surface area contributed by atoms with Crippen LogP contribution < -0.4 is 5.69 Å². The first-order chi connectivity index (χ1) is 21.6. The molecule has 0 saturated heterocycles. The Morgan fingerprint density at radius 3 is 2.33 bits per heavy atom. The third kappa shape index (κ3) is 7.71. The molecule has 7 nitrogen and oxygen atoms in total. The van der Waals surface area contributed by atoms with E-state index in [-0.39, 0.29) is 34.5 Å². The molecule has 1 fully saturated rings. The fourth-order valence-corrected chi connectivity index (χ4v) is 9.48. The minimum absolute atomic E-state index is 0.0574. The molecule has 1 aromatic carbocycles. The number of ether oxygens (including phenoxy) is 1. The fraction of sp³-hybridized carbons (Fsp3) is 0.543. The molecule has 4 aromatic rings. The molecule has 1 N–H and O–H groups in total. The summed E-state index contributed by atoms with van der Waals surface area (Å²) in [7, 11) is 0. The summed E-state index contributed by atoms with van der Waals surface area (Å²) in [6.45, 7) is 17.8. The SMILES string of the molecule is CC(C)CCSc1nc2c(C(=O)OC3C(C(C)(C)C)CCCC3C(C)(C)C)c(-c3ccc(Cl)cc3)c(Sc3nccs3)n2c(=O)[nH]1. The van der Waals surface area contributed by atoms with Crippen molar-refractivity contribution in [2.45, 2.75) is 102 Å². The van der Waals surface area contributed by atoms with Gasteiger partial charge in [-0.05, 0) is 65.5 Å². The number of hydrogen-bond donors (Lipinski definition) is 1. The van der Waals surface area contributed by atoms with E-state index in [0.717, 1.165) is 41.3 Å². The number of carbonyl (C=O) groups excluding carboxylic acids is 1. The number of nitrogens with zero attached hydrogens (tertiary/aromatic N) is 3. The second-order valence-electron chi connectivity index (χ2n) is 14.7. The molecule has 0 radical (unpaired) electrons. The van der Waals surface area contributed by atoms with Gasteiger partial charge in [0, 0.05) is 39.8 Å². The highest BCUT2D eigenvalue weighted by atomic mass is 35.5. The maximum atomic E-state index is 14.8. The largest absolute Gasteiger partial charge is 0.458 e. The fourth-order valence-electron chi connectivity index (χ4n) is 6.45. The lowest BCUT2D eigenvalue weighted by molar-refractivity contribution is -0.0802. The Morgan fingerprint density at radius 2 is 1.76 bits per heavy atom. The highest BCUT2D eigenvalue weighted by Gasteiger charge is 2.46. The van der Waals surface area contributed by atoms with Crippen molar-refractivity contribution >= 4 is 58.1 Å². The molecule has 3 aromatic heterocycles. The van der Waals surface area contributed by atoms with Crippen LogP contribution in [0.1, 0.15) is 91.4 Å². The number of nitrogens with one attached hydrogen (secondary N) is 1. The molecule has 1 aliphatic carbocycles. The summed E-state index contributed by atoms with van der Waals surface area (Å²) in [5.41, 5.74) is 1.46. The molecule has 0 bridgehead atoms. The summed E-state index contributed by atoms with van der Waals surface area (Å²) in [6, 6.07) is 7.35. The lowest BCUT2D eigenvalue weighted by atomic mass is 9.61. The molecule has 3 heterocycles. The lowest BCUT2D eigenvalue weighted by Crippen LogP contribution is -2.47. The molecule has 46 heavy (non-hydrogen) atoms. The number of benzene rings is 1. The van der Waals surface area contributed by atoms with E-state index in [1.165, 1.54) is 39.3 Å². The van der Waals surface area contributed by atoms with Gasteiger partial charge in [-0.3, -0.25) is 4.98 Å². The summed E-state index contributed by atoms with van der Waals surface area (Å²) in [5, 5.41) is 3.52. The van der Waals surface area contributed by atoms with E-state index in [4.69, 9.17) is 21.3 Å². The molecular formula is C35H45ClN4O3S3. The molecule has 1 aliphatic rings. The number of thiazole rings is 1. The molecule has 2 atom stereocenters. The van der Waals surface area contributed by atoms with Crippen molar-refractivity contribution in [1.29, 1.82) is 0 Å². The molecule has 5 rings (SSSR count). The van der Waals surface area contributed by atoms with Gasteiger partial charge in [0.05, 0.1) is 0 Å². The van der Waals surface area contributed by atoms with Crippen molar-refractivity contribution in [3.8, 4) is 11.1 Å². The van der Waals surface area contributed by atoms with Crippen LogP contribution in [-0.2, 0) is 4.74 Å². The number of esters is 1. The Kier molecular flexibility index (Phi) is 10.7. The molecule has 1 saturated carbocycles. The zero-order valence-electron chi connectivity index (χ0n) is 28.0. The van der Waals surface area contributed by atoms with Crippen molar-refractivity contribution in [3.63, 3.8) is 0 Å². The number of thioether (sulfide) groups is 1. The number of fused-ring (bicyclic) bond motifs is 1. The van der Waals surface area contributed by atoms with Crippen LogP contribution in [0.15, 0.2) is 55.2 Å². The average molecular weight is 701 g/mol. The van der Waals surface area contributed by atoms with E-state index in [1.807, 2.05) is 17.5 Å². The van der Waals surface area contributed by atoms with Gasteiger partial charge in [-0.2, -0.15) is 0 Å². The predicted molar refractivity (Wildman–Crippen MR) is 192 cm³/mol. The summed E-state index contributed by atoms with van der Waals surface area (Å²) in [4.78, 5) is 41.2. The first-order valence-corrected chi connectivity index (χ1v) is 19.1. The Morgan fingerprint density at radius 1 is 1.11 bits per heavy atom. The zero-order chi connectivity index (χ0) is 33.4. The summed E-state index contributed by atoms with van der Waals surface area (Å²) in [5.74, 6) is 1.22. The summed E-state index contributed by atoms with van der Waals surface area (Å²) < 4.78 is 8.99. The number of H-pyrrole nitrogens is 1. The Bertz CT molecular complexity index is 1700. The van der Waals surface area contributed by atoms with Crippen molar-refractivity contribution in [1.82, 2.24) is 19.4 Å². The molecule has 11 heteroatoms. The van der Waals surface area contributed by atoms with E-state index in [2.05, 4.69) is 65.4 Å². The van der Waals surface area contributed by atoms with E-state index in [0.29, 0.717) is 37.9 Å². The highest BCUT2D eigenvalue weighted by molar-refractivity contribution is 8.01. The van der Waals surface area contributed by atoms with E-state index in [1.54, 1.807) is 18.3 Å². The van der Waals surface area contributed by atoms with Crippen LogP contribution in [0, 0.1) is 28.6 Å². The normalized spacial score (nSPS) is 19.2. The van der Waals surface area contributed by atoms with Crippen molar-refractivity contribution in [2.75, 3.05) is 5.75 Å². The highest BCUT2D eigenvalue weighted by Crippen LogP contribution is 2.49. The predicted octanol–water partition coefficient (Wildman–Crippen LogP) is 10.1. The number of hydrogen-bond acceptors (Lipinski definition) is 8. The minimum atomic E-state index is -0.458. The molecule has 0 aliphatic heterocycles. The topological polar surface area (TPSA) is 89.3 Å². The Balaban J connectivity index is 1.74. The quantitative estimate of drug-likeness (QED) is 0.137. The van der Waals surface area contributed by atoms with Crippen LogP contribution in [-0.4, -0.2) is 37.2 Å². The minimum Gasteiger partial charge on any atom is -0.458 e. The van der Waals surface area contributed by atoms with Gasteiger partial charge < -0.3 is 4.74 Å². The van der Waals surface area contributed by atoms with Gasteiger partial charge in [0.1, 0.15) is 16.7 Å². The van der Waals surface area contributed by atoms with Crippen LogP contribution in [0.4, 0.5) is 0 Å². The molecular weight excluding hydrogens is 656 g/mol. The van der Waals surface area contributed by atoms with Crippen LogP contribution in [0.3, 0.4) is 0 Å². The van der Waals surface area contributed by atoms with E-state index in [9.17, 15) is 9.59 Å². The monoisotopic (exact) mass is 700 g/mol. The van der Waals surface area contributed by atoms with Crippen LogP contribution >= 0.6 is 46.5 Å². The molecule has 2 unspecified atom stereocenters. The van der Waals surface area contributed by atoms with Gasteiger partial charge in [0.2, 0.25) is 0 Å². The van der Waals surface area contributed by atoms with Crippen LogP contribution in [0.25, 0.3) is 16.8 Å². The van der Waals surface area contributed by atoms with Gasteiger partial charge in [-0.25, -0.2) is 24.0 Å². The van der Waals surface area contributed by atoms with Crippen LogP contribution in [0.5, 0.6) is 0 Å². The summed E-state index contributed by atoms with van der Waals surface area (Å²) >= 11 is 10.6. The average Bonchev–Trinajstić information content (AvgIpc) is 3.59. The number of rotatable bonds is 9. The van der Waals surface area contributed by atoms with Gasteiger partial charge >= 0.3 is 11.7 Å². The number of aromatic amines is 1. The third-order valence-electron chi connectivity index (χ3n) is 8.88. The van der Waals surface area contributed by atoms with Crippen molar-refractivity contribution < 1.29 is 9.53 Å². The second-order valence-corrected chi connectivity index (χ2v) is 18.4. The number of halogens is 1. The van der Waals surface area contributed by atoms with Gasteiger partial charge in [-0.15, -0.1) is 11.3 Å². The van der Waals surface area contributed by atoms with E-state index >= 15 is 0 Å². The molecule has 0 spiro atoms. The maximum Gasteiger partial charge on any atom is 0.342 e. The van der Waals surface area contributed by atoms with Gasteiger partial charge in [-0.1, -0.05) is 97.3 Å². The van der Waals surface area contributed by atoms with Crippen LogP contribution in [0.2, 0.25) is 5.02 Å². The standard InChI is InChI=1S/C35H45ClN4O3S3/c1-20(2)16-18-44-31-38-28-26(30(41)43-27-23(34(3,4)5)10-9-11-24(27)35(6,7)8)25(21-12-14-22(36)15-13-21)29(40(28)32(42)39-31)46-33-37-17-19-45-33/h12-15,17,19-20,23-24,27H,9-11,16,18H2,1-8H3,(H,38,39,42). The van der Waals surface area contributed by atoms with Gasteiger partial charge in [0.25, 0.3) is 0 Å². The van der Waals surface area contributed by atoms with E-state index < -0.39 is 5.97 Å². The van der Waals surface area contributed by atoms with Crippen molar-refractivity contribution in [2.24, 2.45) is 28.6 Å². The first-order valence-electron chi connectivity index (χ1n) is 16.0. The number of carbonyl (C=O) groups is 1. The lowest BCUT2D eigenvalue weighted by Gasteiger charge is -2.48. The first kappa shape index (κ1) is 35.0.